The summed E-state index contributed by atoms with van der Waals surface area (Å²) in [6.45, 7) is 14.7. The van der Waals surface area contributed by atoms with Crippen molar-refractivity contribution in [1.82, 2.24) is 0 Å². The Morgan fingerprint density at radius 1 is 0.500 bits per heavy atom. The summed E-state index contributed by atoms with van der Waals surface area (Å²) in [5.74, 6) is 0. The van der Waals surface area contributed by atoms with Crippen LogP contribution in [-0.4, -0.2) is 30.7 Å². The molecule has 0 fully saturated rings. The molecule has 0 unspecified atom stereocenters. The number of nitrogens with zero attached hydrogens (tertiary/aromatic N) is 1. The summed E-state index contributed by atoms with van der Waals surface area (Å²) in [6, 6.07) is 0. The summed E-state index contributed by atoms with van der Waals surface area (Å²) >= 11 is 0. The number of unbranched alkanes of at least 4 members (excludes halogenated alkanes) is 8. The van der Waals surface area contributed by atoms with Gasteiger partial charge in [-0.05, 0) is 33.6 Å². The Hall–Kier alpha value is -0.0400. The second kappa shape index (κ2) is 12.0. The van der Waals surface area contributed by atoms with Crippen LogP contribution in [0.5, 0.6) is 0 Å². The van der Waals surface area contributed by atoms with Gasteiger partial charge in [0.25, 0.3) is 0 Å². The maximum absolute atomic E-state index is 2.35. The lowest BCUT2D eigenvalue weighted by molar-refractivity contribution is -0.923. The van der Waals surface area contributed by atoms with Crippen molar-refractivity contribution in [2.45, 2.75) is 85.5 Å². The van der Waals surface area contributed by atoms with E-state index in [9.17, 15) is 0 Å². The molecule has 0 bridgehead atoms. The Labute approximate surface area is 117 Å². The predicted molar refractivity (Wildman–Crippen MR) is 84.0 cm³/mol. The van der Waals surface area contributed by atoms with E-state index in [1.807, 2.05) is 0 Å². The summed E-state index contributed by atoms with van der Waals surface area (Å²) in [7, 11) is 0. The van der Waals surface area contributed by atoms with E-state index in [1.165, 1.54) is 88.4 Å². The van der Waals surface area contributed by atoms with Gasteiger partial charge in [0.05, 0.1) is 26.2 Å². The van der Waals surface area contributed by atoms with E-state index >= 15 is 0 Å². The van der Waals surface area contributed by atoms with E-state index in [0.29, 0.717) is 0 Å². The van der Waals surface area contributed by atoms with Crippen LogP contribution in [-0.2, 0) is 0 Å². The first kappa shape index (κ1) is 18.0. The number of rotatable bonds is 13. The lowest BCUT2D eigenvalue weighted by Gasteiger charge is -2.35. The average Bonchev–Trinajstić information content (AvgIpc) is 2.42. The maximum Gasteiger partial charge on any atom is 0.0786 e. The van der Waals surface area contributed by atoms with E-state index < -0.39 is 0 Å². The predicted octanol–water partition coefficient (Wildman–Crippen LogP) is 5.39. The molecule has 0 radical (unpaired) electrons. The zero-order valence-corrected chi connectivity index (χ0v) is 13.6. The summed E-state index contributed by atoms with van der Waals surface area (Å²) < 4.78 is 1.33. The normalized spacial score (nSPS) is 12.0. The fourth-order valence-corrected chi connectivity index (χ4v) is 2.90. The van der Waals surface area contributed by atoms with E-state index in [2.05, 4.69) is 27.7 Å². The summed E-state index contributed by atoms with van der Waals surface area (Å²) in [5.41, 5.74) is 0. The minimum absolute atomic E-state index is 1.31. The Kier molecular flexibility index (Phi) is 12.0. The third-order valence-corrected chi connectivity index (χ3v) is 4.75. The van der Waals surface area contributed by atoms with Gasteiger partial charge in [-0.15, -0.1) is 0 Å². The van der Waals surface area contributed by atoms with Crippen LogP contribution in [0.2, 0.25) is 0 Å². The van der Waals surface area contributed by atoms with Gasteiger partial charge in [0.15, 0.2) is 0 Å². The van der Waals surface area contributed by atoms with Crippen LogP contribution in [0, 0.1) is 0 Å². The van der Waals surface area contributed by atoms with Gasteiger partial charge in [-0.3, -0.25) is 0 Å². The molecule has 0 saturated carbocycles. The first-order chi connectivity index (χ1) is 8.74. The number of hydrogen-bond acceptors (Lipinski definition) is 0. The van der Waals surface area contributed by atoms with Gasteiger partial charge < -0.3 is 4.48 Å². The fourth-order valence-electron chi connectivity index (χ4n) is 2.90. The Morgan fingerprint density at radius 3 is 1.28 bits per heavy atom. The van der Waals surface area contributed by atoms with Crippen molar-refractivity contribution in [3.05, 3.63) is 0 Å². The smallest absolute Gasteiger partial charge is 0.0786 e. The molecule has 0 atom stereocenters. The highest BCUT2D eigenvalue weighted by atomic mass is 15.3. The SMILES string of the molecule is CCCCCCCCCCC[N+](CC)(CC)CC. The van der Waals surface area contributed by atoms with Crippen molar-refractivity contribution < 1.29 is 4.48 Å². The fraction of sp³-hybridized carbons (Fsp3) is 1.00. The van der Waals surface area contributed by atoms with Crippen molar-refractivity contribution >= 4 is 0 Å². The standard InChI is InChI=1S/C17H38N/c1-5-9-10-11-12-13-14-15-16-17-18(6-2,7-3)8-4/h5-17H2,1-4H3/q+1. The Balaban J connectivity index is 3.38. The molecule has 0 saturated heterocycles. The lowest BCUT2D eigenvalue weighted by atomic mass is 10.1. The Bertz CT molecular complexity index is 153. The molecule has 0 aliphatic carbocycles. The largest absolute Gasteiger partial charge is 0.324 e. The van der Waals surface area contributed by atoms with Gasteiger partial charge in [-0.2, -0.15) is 0 Å². The molecule has 1 heteroatoms. The highest BCUT2D eigenvalue weighted by Crippen LogP contribution is 2.12. The number of quaternary nitrogens is 1. The van der Waals surface area contributed by atoms with Crippen LogP contribution in [0.15, 0.2) is 0 Å². The van der Waals surface area contributed by atoms with Crippen molar-refractivity contribution in [2.75, 3.05) is 26.2 Å². The minimum atomic E-state index is 1.31. The molecule has 0 N–H and O–H groups in total. The lowest BCUT2D eigenvalue weighted by Crippen LogP contribution is -2.48. The molecule has 0 aromatic heterocycles. The highest BCUT2D eigenvalue weighted by molar-refractivity contribution is 4.47. The topological polar surface area (TPSA) is 0 Å². The molecular formula is C17H38N+. The van der Waals surface area contributed by atoms with Gasteiger partial charge in [0, 0.05) is 0 Å². The highest BCUT2D eigenvalue weighted by Gasteiger charge is 2.19. The van der Waals surface area contributed by atoms with Crippen LogP contribution >= 0.6 is 0 Å². The molecule has 0 aromatic carbocycles. The van der Waals surface area contributed by atoms with E-state index in [1.54, 1.807) is 0 Å². The minimum Gasteiger partial charge on any atom is -0.324 e. The van der Waals surface area contributed by atoms with Crippen LogP contribution in [0.3, 0.4) is 0 Å². The third kappa shape index (κ3) is 8.13. The maximum atomic E-state index is 2.35. The van der Waals surface area contributed by atoms with Crippen molar-refractivity contribution in [1.29, 1.82) is 0 Å². The quantitative estimate of drug-likeness (QED) is 0.306. The van der Waals surface area contributed by atoms with Crippen LogP contribution in [0.25, 0.3) is 0 Å². The second-order valence-electron chi connectivity index (χ2n) is 5.84. The molecule has 0 aliphatic heterocycles. The van der Waals surface area contributed by atoms with E-state index in [-0.39, 0.29) is 0 Å². The molecule has 0 spiro atoms. The zero-order chi connectivity index (χ0) is 13.7. The summed E-state index contributed by atoms with van der Waals surface area (Å²) in [6.07, 6.45) is 13.0. The van der Waals surface area contributed by atoms with Gasteiger partial charge >= 0.3 is 0 Å². The van der Waals surface area contributed by atoms with Crippen molar-refractivity contribution in [3.8, 4) is 0 Å². The first-order valence-corrected chi connectivity index (χ1v) is 8.59. The number of hydrogen-bond donors (Lipinski definition) is 0. The molecule has 0 rings (SSSR count). The summed E-state index contributed by atoms with van der Waals surface area (Å²) in [4.78, 5) is 0. The zero-order valence-electron chi connectivity index (χ0n) is 13.6. The van der Waals surface area contributed by atoms with E-state index in [4.69, 9.17) is 0 Å². The van der Waals surface area contributed by atoms with Crippen molar-refractivity contribution in [2.24, 2.45) is 0 Å². The Morgan fingerprint density at radius 2 is 0.889 bits per heavy atom. The average molecular weight is 256 g/mol. The molecule has 0 aromatic rings. The van der Waals surface area contributed by atoms with E-state index in [0.717, 1.165) is 0 Å². The molecule has 1 nitrogen and oxygen atoms in total. The molecular weight excluding hydrogens is 218 g/mol. The van der Waals surface area contributed by atoms with Gasteiger partial charge in [-0.25, -0.2) is 0 Å². The molecule has 110 valence electrons. The van der Waals surface area contributed by atoms with Gasteiger partial charge in [0.1, 0.15) is 0 Å². The van der Waals surface area contributed by atoms with Crippen LogP contribution < -0.4 is 0 Å². The second-order valence-corrected chi connectivity index (χ2v) is 5.84. The third-order valence-electron chi connectivity index (χ3n) is 4.75. The molecule has 0 aliphatic rings. The molecule has 18 heavy (non-hydrogen) atoms. The molecule has 0 amide bonds. The summed E-state index contributed by atoms with van der Waals surface area (Å²) in [5, 5.41) is 0. The molecule has 0 heterocycles. The van der Waals surface area contributed by atoms with Crippen LogP contribution in [0.1, 0.15) is 85.5 Å². The van der Waals surface area contributed by atoms with Gasteiger partial charge in [0.2, 0.25) is 0 Å². The van der Waals surface area contributed by atoms with Gasteiger partial charge in [-0.1, -0.05) is 51.9 Å². The van der Waals surface area contributed by atoms with Crippen LogP contribution in [0.4, 0.5) is 0 Å². The van der Waals surface area contributed by atoms with Crippen molar-refractivity contribution in [3.63, 3.8) is 0 Å². The first-order valence-electron chi connectivity index (χ1n) is 8.59. The monoisotopic (exact) mass is 256 g/mol.